The van der Waals surface area contributed by atoms with Gasteiger partial charge in [0, 0.05) is 21.2 Å². The van der Waals surface area contributed by atoms with Crippen LogP contribution >= 0.6 is 23.2 Å². The Morgan fingerprint density at radius 3 is 2.39 bits per heavy atom. The molecule has 0 aliphatic carbocycles. The average molecular weight is 414 g/mol. The summed E-state index contributed by atoms with van der Waals surface area (Å²) in [5.41, 5.74) is 0.366. The van der Waals surface area contributed by atoms with Crippen molar-refractivity contribution in [3.05, 3.63) is 93.5 Å². The maximum Gasteiger partial charge on any atom is 0.268 e. The molecular weight excluding hydrogens is 397 g/mol. The standard InChI is InChI=1S/C22H17Cl2NO3/c1-28-16-9-6-14(7-10-16)13-25-20-11-8-15(23)12-18(20)22(27,21(25)26)17-4-2-3-5-19(17)24/h2-12,27H,13H2,1H3/t22-/m1/s1. The number of nitrogens with zero attached hydrogens (tertiary/aromatic N) is 1. The first kappa shape index (κ1) is 18.8. The second-order valence-corrected chi connectivity index (χ2v) is 7.43. The maximum absolute atomic E-state index is 13.4. The first-order valence-corrected chi connectivity index (χ1v) is 9.43. The molecular formula is C22H17Cl2NO3. The van der Waals surface area contributed by atoms with Gasteiger partial charge in [0.2, 0.25) is 0 Å². The molecule has 3 aromatic rings. The summed E-state index contributed by atoms with van der Waals surface area (Å²) < 4.78 is 5.18. The lowest BCUT2D eigenvalue weighted by Crippen LogP contribution is -2.41. The summed E-state index contributed by atoms with van der Waals surface area (Å²) >= 11 is 12.5. The Morgan fingerprint density at radius 2 is 1.71 bits per heavy atom. The number of hydrogen-bond donors (Lipinski definition) is 1. The highest BCUT2D eigenvalue weighted by atomic mass is 35.5. The number of hydrogen-bond acceptors (Lipinski definition) is 3. The van der Waals surface area contributed by atoms with Crippen LogP contribution in [0.25, 0.3) is 0 Å². The minimum absolute atomic E-state index is 0.296. The van der Waals surface area contributed by atoms with Crippen molar-refractivity contribution in [1.29, 1.82) is 0 Å². The third kappa shape index (κ3) is 2.94. The molecule has 0 saturated carbocycles. The van der Waals surface area contributed by atoms with Crippen LogP contribution in [0.5, 0.6) is 5.75 Å². The zero-order valence-electron chi connectivity index (χ0n) is 15.0. The van der Waals surface area contributed by atoms with E-state index in [1.165, 1.54) is 0 Å². The molecule has 0 radical (unpaired) electrons. The lowest BCUT2D eigenvalue weighted by atomic mass is 9.87. The summed E-state index contributed by atoms with van der Waals surface area (Å²) in [6.45, 7) is 0.296. The molecule has 0 spiro atoms. The molecule has 3 aromatic carbocycles. The predicted molar refractivity (Wildman–Crippen MR) is 110 cm³/mol. The molecule has 1 heterocycles. The van der Waals surface area contributed by atoms with Crippen LogP contribution in [0.15, 0.2) is 66.7 Å². The molecule has 0 aromatic heterocycles. The summed E-state index contributed by atoms with van der Waals surface area (Å²) in [6.07, 6.45) is 0. The van der Waals surface area contributed by atoms with E-state index in [1.54, 1.807) is 54.5 Å². The van der Waals surface area contributed by atoms with Gasteiger partial charge in [-0.25, -0.2) is 0 Å². The summed E-state index contributed by atoms with van der Waals surface area (Å²) in [6, 6.07) is 19.3. The van der Waals surface area contributed by atoms with Crippen molar-refractivity contribution >= 4 is 34.8 Å². The minimum atomic E-state index is -1.90. The first-order chi connectivity index (χ1) is 13.4. The number of carbonyl (C=O) groups excluding carboxylic acids is 1. The predicted octanol–water partition coefficient (Wildman–Crippen LogP) is 4.78. The molecule has 142 valence electrons. The molecule has 28 heavy (non-hydrogen) atoms. The molecule has 0 saturated heterocycles. The Labute approximate surface area is 172 Å². The van der Waals surface area contributed by atoms with E-state index in [4.69, 9.17) is 27.9 Å². The van der Waals surface area contributed by atoms with Crippen LogP contribution in [0, 0.1) is 0 Å². The van der Waals surface area contributed by atoms with E-state index in [9.17, 15) is 9.90 Å². The lowest BCUT2D eigenvalue weighted by Gasteiger charge is -2.24. The summed E-state index contributed by atoms with van der Waals surface area (Å²) in [7, 11) is 1.60. The molecule has 6 heteroatoms. The smallest absolute Gasteiger partial charge is 0.268 e. The van der Waals surface area contributed by atoms with Crippen molar-refractivity contribution in [2.75, 3.05) is 12.0 Å². The maximum atomic E-state index is 13.4. The fourth-order valence-corrected chi connectivity index (χ4v) is 3.98. The highest BCUT2D eigenvalue weighted by molar-refractivity contribution is 6.32. The molecule has 0 unspecified atom stereocenters. The summed E-state index contributed by atoms with van der Waals surface area (Å²) in [5, 5.41) is 12.3. The van der Waals surface area contributed by atoms with Gasteiger partial charge in [0.25, 0.3) is 5.91 Å². The van der Waals surface area contributed by atoms with Crippen LogP contribution in [-0.4, -0.2) is 18.1 Å². The van der Waals surface area contributed by atoms with Gasteiger partial charge < -0.3 is 14.7 Å². The Morgan fingerprint density at radius 1 is 1.00 bits per heavy atom. The number of aliphatic hydroxyl groups is 1. The van der Waals surface area contributed by atoms with E-state index in [0.29, 0.717) is 33.4 Å². The van der Waals surface area contributed by atoms with Gasteiger partial charge in [0.05, 0.1) is 19.3 Å². The van der Waals surface area contributed by atoms with E-state index in [1.807, 2.05) is 24.3 Å². The Kier molecular flexibility index (Phi) is 4.79. The van der Waals surface area contributed by atoms with Gasteiger partial charge in [-0.2, -0.15) is 0 Å². The average Bonchev–Trinajstić information content (AvgIpc) is 2.91. The summed E-state index contributed by atoms with van der Waals surface area (Å²) in [5.74, 6) is 0.268. The van der Waals surface area contributed by atoms with Crippen molar-refractivity contribution < 1.29 is 14.6 Å². The molecule has 1 N–H and O–H groups in total. The third-order valence-corrected chi connectivity index (χ3v) is 5.52. The monoisotopic (exact) mass is 413 g/mol. The second-order valence-electron chi connectivity index (χ2n) is 6.59. The highest BCUT2D eigenvalue weighted by Gasteiger charge is 2.52. The number of carbonyl (C=O) groups is 1. The Balaban J connectivity index is 1.82. The van der Waals surface area contributed by atoms with Gasteiger partial charge in [0.1, 0.15) is 5.75 Å². The van der Waals surface area contributed by atoms with Crippen molar-refractivity contribution in [3.63, 3.8) is 0 Å². The van der Waals surface area contributed by atoms with Crippen LogP contribution in [-0.2, 0) is 16.9 Å². The molecule has 1 aliphatic heterocycles. The van der Waals surface area contributed by atoms with Gasteiger partial charge in [-0.05, 0) is 42.0 Å². The number of fused-ring (bicyclic) bond motifs is 1. The molecule has 4 nitrogen and oxygen atoms in total. The quantitative estimate of drug-likeness (QED) is 0.668. The van der Waals surface area contributed by atoms with Gasteiger partial charge >= 0.3 is 0 Å². The SMILES string of the molecule is COc1ccc(CN2C(=O)[C@@](O)(c3ccccc3Cl)c3cc(Cl)ccc32)cc1. The van der Waals surface area contributed by atoms with Crippen molar-refractivity contribution in [2.24, 2.45) is 0 Å². The van der Waals surface area contributed by atoms with Crippen LogP contribution in [0.4, 0.5) is 5.69 Å². The summed E-state index contributed by atoms with van der Waals surface area (Å²) in [4.78, 5) is 15.0. The topological polar surface area (TPSA) is 49.8 Å². The molecule has 1 amide bonds. The van der Waals surface area contributed by atoms with Crippen LogP contribution < -0.4 is 9.64 Å². The fraction of sp³-hybridized carbons (Fsp3) is 0.136. The van der Waals surface area contributed by atoms with Gasteiger partial charge in [-0.3, -0.25) is 4.79 Å². The van der Waals surface area contributed by atoms with E-state index >= 15 is 0 Å². The van der Waals surface area contributed by atoms with E-state index in [-0.39, 0.29) is 0 Å². The number of benzene rings is 3. The Bertz CT molecular complexity index is 1050. The van der Waals surface area contributed by atoms with E-state index in [2.05, 4.69) is 0 Å². The van der Waals surface area contributed by atoms with Gasteiger partial charge in [-0.15, -0.1) is 0 Å². The first-order valence-electron chi connectivity index (χ1n) is 8.67. The van der Waals surface area contributed by atoms with Crippen molar-refractivity contribution in [3.8, 4) is 5.75 Å². The molecule has 1 atom stereocenters. The van der Waals surface area contributed by atoms with Crippen LogP contribution in [0.3, 0.4) is 0 Å². The minimum Gasteiger partial charge on any atom is -0.497 e. The van der Waals surface area contributed by atoms with Gasteiger partial charge in [0.15, 0.2) is 5.60 Å². The van der Waals surface area contributed by atoms with Crippen LogP contribution in [0.1, 0.15) is 16.7 Å². The molecule has 0 bridgehead atoms. The molecule has 4 rings (SSSR count). The van der Waals surface area contributed by atoms with E-state index < -0.39 is 11.5 Å². The number of amides is 1. The zero-order valence-corrected chi connectivity index (χ0v) is 16.5. The number of anilines is 1. The van der Waals surface area contributed by atoms with E-state index in [0.717, 1.165) is 11.3 Å². The second kappa shape index (κ2) is 7.13. The van der Waals surface area contributed by atoms with Crippen molar-refractivity contribution in [1.82, 2.24) is 0 Å². The zero-order chi connectivity index (χ0) is 19.9. The largest absolute Gasteiger partial charge is 0.497 e. The Hall–Kier alpha value is -2.53. The molecule has 1 aliphatic rings. The lowest BCUT2D eigenvalue weighted by molar-refractivity contribution is -0.132. The number of rotatable bonds is 4. The number of halogens is 2. The van der Waals surface area contributed by atoms with Gasteiger partial charge in [-0.1, -0.05) is 53.5 Å². The molecule has 0 fully saturated rings. The number of methoxy groups -OCH3 is 1. The highest BCUT2D eigenvalue weighted by Crippen LogP contribution is 2.47. The number of ether oxygens (including phenoxy) is 1. The fourth-order valence-electron chi connectivity index (χ4n) is 3.54. The van der Waals surface area contributed by atoms with Crippen molar-refractivity contribution in [2.45, 2.75) is 12.1 Å². The third-order valence-electron chi connectivity index (χ3n) is 4.96. The normalized spacial score (nSPS) is 18.3. The van der Waals surface area contributed by atoms with Crippen LogP contribution in [0.2, 0.25) is 10.0 Å².